The van der Waals surface area contributed by atoms with Crippen molar-refractivity contribution in [1.82, 2.24) is 4.98 Å². The molecule has 2 atom stereocenters. The third-order valence-corrected chi connectivity index (χ3v) is 5.11. The second-order valence-corrected chi connectivity index (χ2v) is 7.51. The number of carboxylic acids is 1. The molecule has 8 nitrogen and oxygen atoms in total. The topological polar surface area (TPSA) is 124 Å². The van der Waals surface area contributed by atoms with E-state index in [1.807, 2.05) is 36.4 Å². The molecule has 0 saturated heterocycles. The Morgan fingerprint density at radius 2 is 2.00 bits per heavy atom. The molecule has 0 spiro atoms. The Hall–Kier alpha value is -3.91. The number of pyridine rings is 1. The van der Waals surface area contributed by atoms with Gasteiger partial charge in [0.05, 0.1) is 24.3 Å². The third-order valence-electron chi connectivity index (χ3n) is 5.11. The molecular weight excluding hydrogens is 410 g/mol. The second-order valence-electron chi connectivity index (χ2n) is 7.51. The monoisotopic (exact) mass is 433 g/mol. The fourth-order valence-electron chi connectivity index (χ4n) is 3.48. The Labute approximate surface area is 185 Å². The highest BCUT2D eigenvalue weighted by atomic mass is 16.5. The van der Waals surface area contributed by atoms with Crippen LogP contribution in [-0.2, 0) is 16.0 Å². The number of benzene rings is 2. The van der Waals surface area contributed by atoms with Crippen molar-refractivity contribution in [2.75, 3.05) is 5.32 Å². The number of nitrogens with two attached hydrogens (primary N) is 1. The first-order valence-corrected chi connectivity index (χ1v) is 10.2. The second kappa shape index (κ2) is 9.49. The maximum atomic E-state index is 11.9. The lowest BCUT2D eigenvalue weighted by molar-refractivity contribution is -0.138. The molecule has 1 amide bonds. The lowest BCUT2D eigenvalue weighted by Crippen LogP contribution is -2.37. The first-order valence-electron chi connectivity index (χ1n) is 10.2. The van der Waals surface area contributed by atoms with Crippen LogP contribution in [0.2, 0.25) is 0 Å². The molecule has 1 aromatic heterocycles. The van der Waals surface area contributed by atoms with E-state index < -0.39 is 24.3 Å². The number of carbonyl (C=O) groups is 2. The van der Waals surface area contributed by atoms with Crippen LogP contribution in [0.5, 0.6) is 17.4 Å². The van der Waals surface area contributed by atoms with Crippen LogP contribution in [0.25, 0.3) is 0 Å². The number of fused-ring (bicyclic) bond motifs is 1. The van der Waals surface area contributed by atoms with Crippen molar-refractivity contribution in [3.8, 4) is 17.4 Å². The van der Waals surface area contributed by atoms with E-state index in [1.165, 1.54) is 11.8 Å². The lowest BCUT2D eigenvalue weighted by atomic mass is 9.97. The average molecular weight is 433 g/mol. The normalized spacial score (nSPS) is 15.7. The molecule has 0 bridgehead atoms. The number of carbonyl (C=O) groups excluding carboxylic acids is 1. The smallest absolute Gasteiger partial charge is 0.305 e. The standard InChI is InChI=1S/C24H23N3O5/c25-19(13-23(28)29)24(30)27-17-7-11-22(26-14-17)31-18-8-10-21-16(12-18)6-9-20(32-21)15-4-2-1-3-5-15/h1-5,7-8,10-12,14,19-20H,6,9,13,25H2,(H,27,30)(H,28,29)/t19-,20?/m0/s1. The number of aryl methyl sites for hydroxylation is 1. The molecule has 2 aromatic carbocycles. The summed E-state index contributed by atoms with van der Waals surface area (Å²) in [6, 6.07) is 17.9. The molecule has 4 rings (SSSR count). The molecule has 1 unspecified atom stereocenters. The van der Waals surface area contributed by atoms with Crippen LogP contribution in [0.3, 0.4) is 0 Å². The first kappa shape index (κ1) is 21.3. The molecule has 4 N–H and O–H groups in total. The highest BCUT2D eigenvalue weighted by molar-refractivity contribution is 5.96. The maximum Gasteiger partial charge on any atom is 0.305 e. The maximum absolute atomic E-state index is 11.9. The zero-order valence-corrected chi connectivity index (χ0v) is 17.2. The Morgan fingerprint density at radius 1 is 1.19 bits per heavy atom. The van der Waals surface area contributed by atoms with Gasteiger partial charge < -0.3 is 25.6 Å². The minimum Gasteiger partial charge on any atom is -0.485 e. The molecule has 1 aliphatic rings. The predicted octanol–water partition coefficient (Wildman–Crippen LogP) is 3.68. The number of rotatable bonds is 7. The number of hydrogen-bond donors (Lipinski definition) is 3. The SMILES string of the molecule is N[C@@H](CC(=O)O)C(=O)Nc1ccc(Oc2ccc3c(c2)CCC(c2ccccc2)O3)nc1. The number of aromatic nitrogens is 1. The van der Waals surface area contributed by atoms with Gasteiger partial charge >= 0.3 is 5.97 Å². The molecule has 0 radical (unpaired) electrons. The van der Waals surface area contributed by atoms with Crippen molar-refractivity contribution in [1.29, 1.82) is 0 Å². The summed E-state index contributed by atoms with van der Waals surface area (Å²) in [4.78, 5) is 26.7. The molecule has 164 valence electrons. The summed E-state index contributed by atoms with van der Waals surface area (Å²) in [7, 11) is 0. The van der Waals surface area contributed by atoms with Gasteiger partial charge in [-0.25, -0.2) is 4.98 Å². The molecule has 0 saturated carbocycles. The van der Waals surface area contributed by atoms with Crippen molar-refractivity contribution in [2.45, 2.75) is 31.4 Å². The minimum absolute atomic E-state index is 0.0449. The number of nitrogens with zero attached hydrogens (tertiary/aromatic N) is 1. The van der Waals surface area contributed by atoms with Crippen molar-refractivity contribution < 1.29 is 24.2 Å². The van der Waals surface area contributed by atoms with Gasteiger partial charge in [0.1, 0.15) is 17.6 Å². The van der Waals surface area contributed by atoms with E-state index in [9.17, 15) is 9.59 Å². The molecule has 0 fully saturated rings. The van der Waals surface area contributed by atoms with Crippen LogP contribution in [0, 0.1) is 0 Å². The van der Waals surface area contributed by atoms with E-state index >= 15 is 0 Å². The van der Waals surface area contributed by atoms with E-state index in [-0.39, 0.29) is 6.10 Å². The molecule has 0 aliphatic carbocycles. The lowest BCUT2D eigenvalue weighted by Gasteiger charge is -2.26. The van der Waals surface area contributed by atoms with Crippen LogP contribution in [0.1, 0.15) is 30.1 Å². The van der Waals surface area contributed by atoms with Gasteiger partial charge in [-0.3, -0.25) is 9.59 Å². The number of anilines is 1. The Morgan fingerprint density at radius 3 is 2.72 bits per heavy atom. The number of carboxylic acid groups (broad SMARTS) is 1. The van der Waals surface area contributed by atoms with Crippen LogP contribution in [-0.4, -0.2) is 28.0 Å². The highest BCUT2D eigenvalue weighted by Gasteiger charge is 2.22. The minimum atomic E-state index is -1.14. The van der Waals surface area contributed by atoms with E-state index in [2.05, 4.69) is 22.4 Å². The summed E-state index contributed by atoms with van der Waals surface area (Å²) in [5, 5.41) is 11.3. The van der Waals surface area contributed by atoms with Crippen molar-refractivity contribution >= 4 is 17.6 Å². The van der Waals surface area contributed by atoms with Crippen molar-refractivity contribution in [2.24, 2.45) is 5.73 Å². The molecule has 2 heterocycles. The number of ether oxygens (including phenoxy) is 2. The van der Waals surface area contributed by atoms with Gasteiger partial charge in [0, 0.05) is 6.07 Å². The zero-order valence-electron chi connectivity index (χ0n) is 17.2. The average Bonchev–Trinajstić information content (AvgIpc) is 2.80. The molecular formula is C24H23N3O5. The largest absolute Gasteiger partial charge is 0.485 e. The van der Waals surface area contributed by atoms with E-state index in [1.54, 1.807) is 12.1 Å². The number of amides is 1. The van der Waals surface area contributed by atoms with Gasteiger partial charge in [0.25, 0.3) is 0 Å². The molecule has 32 heavy (non-hydrogen) atoms. The van der Waals surface area contributed by atoms with E-state index in [4.69, 9.17) is 20.3 Å². The quantitative estimate of drug-likeness (QED) is 0.519. The predicted molar refractivity (Wildman–Crippen MR) is 118 cm³/mol. The zero-order chi connectivity index (χ0) is 22.5. The van der Waals surface area contributed by atoms with Gasteiger partial charge in [-0.05, 0) is 48.2 Å². The summed E-state index contributed by atoms with van der Waals surface area (Å²) in [5.74, 6) is 0.114. The van der Waals surface area contributed by atoms with Gasteiger partial charge in [-0.1, -0.05) is 30.3 Å². The Kier molecular flexibility index (Phi) is 6.32. The number of nitrogens with one attached hydrogen (secondary N) is 1. The summed E-state index contributed by atoms with van der Waals surface area (Å²) >= 11 is 0. The van der Waals surface area contributed by atoms with Crippen LogP contribution in [0.15, 0.2) is 66.9 Å². The molecule has 8 heteroatoms. The Bertz CT molecular complexity index is 1100. The fraction of sp³-hybridized carbons (Fsp3) is 0.208. The summed E-state index contributed by atoms with van der Waals surface area (Å²) in [6.07, 6.45) is 2.78. The van der Waals surface area contributed by atoms with Crippen LogP contribution >= 0.6 is 0 Å². The van der Waals surface area contributed by atoms with Gasteiger partial charge in [-0.15, -0.1) is 0 Å². The first-order chi connectivity index (χ1) is 15.5. The summed E-state index contributed by atoms with van der Waals surface area (Å²) in [6.45, 7) is 0. The van der Waals surface area contributed by atoms with Gasteiger partial charge in [0.2, 0.25) is 11.8 Å². The van der Waals surface area contributed by atoms with Crippen LogP contribution in [0.4, 0.5) is 5.69 Å². The van der Waals surface area contributed by atoms with Crippen molar-refractivity contribution in [3.63, 3.8) is 0 Å². The third kappa shape index (κ3) is 5.22. The van der Waals surface area contributed by atoms with E-state index in [0.717, 1.165) is 24.2 Å². The van der Waals surface area contributed by atoms with Gasteiger partial charge in [-0.2, -0.15) is 0 Å². The van der Waals surface area contributed by atoms with Crippen molar-refractivity contribution in [3.05, 3.63) is 78.0 Å². The van der Waals surface area contributed by atoms with E-state index in [0.29, 0.717) is 17.3 Å². The summed E-state index contributed by atoms with van der Waals surface area (Å²) < 4.78 is 12.0. The fourth-order valence-corrected chi connectivity index (χ4v) is 3.48. The molecule has 3 aromatic rings. The van der Waals surface area contributed by atoms with Crippen LogP contribution < -0.4 is 20.5 Å². The number of aliphatic carboxylic acids is 1. The van der Waals surface area contributed by atoms with Gasteiger partial charge in [0.15, 0.2) is 0 Å². The highest BCUT2D eigenvalue weighted by Crippen LogP contribution is 2.37. The Balaban J connectivity index is 1.37. The summed E-state index contributed by atoms with van der Waals surface area (Å²) in [5.41, 5.74) is 8.18. The number of hydrogen-bond acceptors (Lipinski definition) is 6. The molecule has 1 aliphatic heterocycles.